The zero-order valence-corrected chi connectivity index (χ0v) is 15.0. The number of benzene rings is 1. The summed E-state index contributed by atoms with van der Waals surface area (Å²) in [5.74, 6) is -0.848. The summed E-state index contributed by atoms with van der Waals surface area (Å²) in [7, 11) is 3.30. The molecule has 1 saturated heterocycles. The average molecular weight is 373 g/mol. The third kappa shape index (κ3) is 5.95. The molecule has 0 saturated carbocycles. The zero-order chi connectivity index (χ0) is 18.4. The second-order valence-electron chi connectivity index (χ2n) is 6.09. The number of ether oxygens (including phenoxy) is 2. The van der Waals surface area contributed by atoms with Gasteiger partial charge < -0.3 is 19.7 Å². The fraction of sp³-hybridized carbons (Fsp3) is 0.529. The number of halogens is 2. The first-order chi connectivity index (χ1) is 11.9. The highest BCUT2D eigenvalue weighted by molar-refractivity contribution is 6.31. The maximum absolute atomic E-state index is 13.1. The highest BCUT2D eigenvalue weighted by Crippen LogP contribution is 2.18. The van der Waals surface area contributed by atoms with E-state index in [1.165, 1.54) is 23.1 Å². The SMILES string of the molecule is CN(C)C(=O)CO[C@@H]1COCC[C@H]1NC(=O)Cc1ccc(F)cc1Cl. The Kier molecular flexibility index (Phi) is 7.16. The van der Waals surface area contributed by atoms with Crippen LogP contribution in [-0.2, 0) is 25.5 Å². The lowest BCUT2D eigenvalue weighted by Gasteiger charge is -2.32. The molecule has 0 bridgehead atoms. The van der Waals surface area contributed by atoms with Crippen molar-refractivity contribution in [3.63, 3.8) is 0 Å². The van der Waals surface area contributed by atoms with Crippen LogP contribution in [0.15, 0.2) is 18.2 Å². The summed E-state index contributed by atoms with van der Waals surface area (Å²) in [6.45, 7) is 0.740. The number of carbonyl (C=O) groups is 2. The summed E-state index contributed by atoms with van der Waals surface area (Å²) in [6, 6.07) is 3.68. The van der Waals surface area contributed by atoms with Gasteiger partial charge in [0.05, 0.1) is 19.1 Å². The molecular formula is C17H22ClFN2O4. The quantitative estimate of drug-likeness (QED) is 0.819. The minimum absolute atomic E-state index is 0.0415. The topological polar surface area (TPSA) is 67.9 Å². The van der Waals surface area contributed by atoms with Gasteiger partial charge in [0.15, 0.2) is 0 Å². The first-order valence-electron chi connectivity index (χ1n) is 7.99. The van der Waals surface area contributed by atoms with Gasteiger partial charge in [0, 0.05) is 25.7 Å². The van der Waals surface area contributed by atoms with Crippen LogP contribution in [-0.4, -0.2) is 62.8 Å². The number of nitrogens with zero attached hydrogens (tertiary/aromatic N) is 1. The molecule has 0 unspecified atom stereocenters. The Morgan fingerprint density at radius 3 is 2.88 bits per heavy atom. The predicted molar refractivity (Wildman–Crippen MR) is 90.9 cm³/mol. The average Bonchev–Trinajstić information content (AvgIpc) is 2.56. The number of likely N-dealkylation sites (N-methyl/N-ethyl adjacent to an activating group) is 1. The molecule has 1 N–H and O–H groups in total. The highest BCUT2D eigenvalue weighted by Gasteiger charge is 2.28. The maximum atomic E-state index is 13.1. The first kappa shape index (κ1) is 19.6. The Morgan fingerprint density at radius 2 is 2.20 bits per heavy atom. The van der Waals surface area contributed by atoms with Crippen molar-refractivity contribution >= 4 is 23.4 Å². The fourth-order valence-corrected chi connectivity index (χ4v) is 2.68. The van der Waals surface area contributed by atoms with Gasteiger partial charge >= 0.3 is 0 Å². The molecule has 25 heavy (non-hydrogen) atoms. The van der Waals surface area contributed by atoms with E-state index in [0.717, 1.165) is 0 Å². The molecule has 2 atom stereocenters. The van der Waals surface area contributed by atoms with Crippen LogP contribution in [0, 0.1) is 5.82 Å². The molecule has 1 aliphatic rings. The minimum Gasteiger partial charge on any atom is -0.379 e. The molecular weight excluding hydrogens is 351 g/mol. The van der Waals surface area contributed by atoms with Crippen molar-refractivity contribution in [3.05, 3.63) is 34.6 Å². The summed E-state index contributed by atoms with van der Waals surface area (Å²) in [6.07, 6.45) is 0.231. The molecule has 2 amide bonds. The largest absolute Gasteiger partial charge is 0.379 e. The van der Waals surface area contributed by atoms with Gasteiger partial charge in [0.1, 0.15) is 18.5 Å². The zero-order valence-electron chi connectivity index (χ0n) is 14.3. The van der Waals surface area contributed by atoms with Crippen LogP contribution in [0.5, 0.6) is 0 Å². The van der Waals surface area contributed by atoms with E-state index in [2.05, 4.69) is 5.32 Å². The standard InChI is InChI=1S/C17H22ClFN2O4/c1-21(2)17(23)10-25-15-9-24-6-5-14(15)20-16(22)7-11-3-4-12(19)8-13(11)18/h3-4,8,14-15H,5-7,9-10H2,1-2H3,(H,20,22)/t14-,15-/m1/s1. The van der Waals surface area contributed by atoms with Crippen LogP contribution in [0.1, 0.15) is 12.0 Å². The van der Waals surface area contributed by atoms with Crippen molar-refractivity contribution in [2.24, 2.45) is 0 Å². The number of hydrogen-bond donors (Lipinski definition) is 1. The van der Waals surface area contributed by atoms with Crippen molar-refractivity contribution in [1.29, 1.82) is 0 Å². The molecule has 0 aromatic heterocycles. The molecule has 1 heterocycles. The second-order valence-corrected chi connectivity index (χ2v) is 6.49. The Morgan fingerprint density at radius 1 is 1.44 bits per heavy atom. The summed E-state index contributed by atoms with van der Waals surface area (Å²) in [5, 5.41) is 3.11. The molecule has 0 radical (unpaired) electrons. The summed E-state index contributed by atoms with van der Waals surface area (Å²) in [4.78, 5) is 25.4. The van der Waals surface area contributed by atoms with Gasteiger partial charge in [-0.25, -0.2) is 4.39 Å². The second kappa shape index (κ2) is 9.12. The van der Waals surface area contributed by atoms with Gasteiger partial charge in [-0.15, -0.1) is 0 Å². The molecule has 138 valence electrons. The summed E-state index contributed by atoms with van der Waals surface area (Å²) < 4.78 is 24.0. The van der Waals surface area contributed by atoms with Crippen LogP contribution in [0.2, 0.25) is 5.02 Å². The Hall–Kier alpha value is -1.70. The number of rotatable bonds is 6. The van der Waals surface area contributed by atoms with Gasteiger partial charge in [-0.3, -0.25) is 9.59 Å². The maximum Gasteiger partial charge on any atom is 0.248 e. The van der Waals surface area contributed by atoms with Crippen LogP contribution in [0.4, 0.5) is 4.39 Å². The molecule has 1 fully saturated rings. The smallest absolute Gasteiger partial charge is 0.248 e. The van der Waals surface area contributed by atoms with Crippen molar-refractivity contribution in [2.45, 2.75) is 25.0 Å². The van der Waals surface area contributed by atoms with Crippen LogP contribution in [0.25, 0.3) is 0 Å². The molecule has 2 rings (SSSR count). The van der Waals surface area contributed by atoms with Crippen LogP contribution < -0.4 is 5.32 Å². The monoisotopic (exact) mass is 372 g/mol. The van der Waals surface area contributed by atoms with E-state index in [0.29, 0.717) is 25.2 Å². The van der Waals surface area contributed by atoms with Crippen molar-refractivity contribution < 1.29 is 23.5 Å². The first-order valence-corrected chi connectivity index (χ1v) is 8.37. The van der Waals surface area contributed by atoms with E-state index in [1.54, 1.807) is 14.1 Å². The predicted octanol–water partition coefficient (Wildman–Crippen LogP) is 1.40. The molecule has 8 heteroatoms. The molecule has 1 aromatic carbocycles. The summed E-state index contributed by atoms with van der Waals surface area (Å²) in [5.41, 5.74) is 0.549. The van der Waals surface area contributed by atoms with E-state index < -0.39 is 11.9 Å². The third-order valence-electron chi connectivity index (χ3n) is 3.94. The fourth-order valence-electron chi connectivity index (χ4n) is 2.44. The molecule has 0 spiro atoms. The third-order valence-corrected chi connectivity index (χ3v) is 4.29. The van der Waals surface area contributed by atoms with E-state index in [-0.39, 0.29) is 35.9 Å². The van der Waals surface area contributed by atoms with Gasteiger partial charge in [-0.2, -0.15) is 0 Å². The van der Waals surface area contributed by atoms with Gasteiger partial charge in [0.2, 0.25) is 11.8 Å². The van der Waals surface area contributed by atoms with Gasteiger partial charge in [0.25, 0.3) is 0 Å². The van der Waals surface area contributed by atoms with E-state index in [4.69, 9.17) is 21.1 Å². The lowest BCUT2D eigenvalue weighted by Crippen LogP contribution is -2.51. The van der Waals surface area contributed by atoms with E-state index in [9.17, 15) is 14.0 Å². The lowest BCUT2D eigenvalue weighted by molar-refractivity contribution is -0.141. The number of carbonyl (C=O) groups excluding carboxylic acids is 2. The van der Waals surface area contributed by atoms with Crippen molar-refractivity contribution in [3.8, 4) is 0 Å². The normalized spacial score (nSPS) is 20.2. The Bertz CT molecular complexity index is 627. The van der Waals surface area contributed by atoms with Gasteiger partial charge in [-0.1, -0.05) is 17.7 Å². The lowest BCUT2D eigenvalue weighted by atomic mass is 10.0. The minimum atomic E-state index is -0.447. The number of nitrogens with one attached hydrogen (secondary N) is 1. The van der Waals surface area contributed by atoms with Crippen molar-refractivity contribution in [2.75, 3.05) is 33.9 Å². The molecule has 1 aromatic rings. The molecule has 0 aliphatic carbocycles. The van der Waals surface area contributed by atoms with Crippen molar-refractivity contribution in [1.82, 2.24) is 10.2 Å². The van der Waals surface area contributed by atoms with E-state index in [1.807, 2.05) is 0 Å². The van der Waals surface area contributed by atoms with E-state index >= 15 is 0 Å². The molecule has 6 nitrogen and oxygen atoms in total. The highest BCUT2D eigenvalue weighted by atomic mass is 35.5. The Labute approximate surface area is 151 Å². The number of amides is 2. The van der Waals surface area contributed by atoms with Crippen LogP contribution in [0.3, 0.4) is 0 Å². The molecule has 1 aliphatic heterocycles. The van der Waals surface area contributed by atoms with Crippen LogP contribution >= 0.6 is 11.6 Å². The number of hydrogen-bond acceptors (Lipinski definition) is 4. The Balaban J connectivity index is 1.91. The summed E-state index contributed by atoms with van der Waals surface area (Å²) >= 11 is 5.95. The van der Waals surface area contributed by atoms with Gasteiger partial charge in [-0.05, 0) is 24.1 Å².